The van der Waals surface area contributed by atoms with E-state index >= 15 is 0 Å². The van der Waals surface area contributed by atoms with Crippen molar-refractivity contribution in [1.29, 1.82) is 0 Å². The number of rotatable bonds is 9. The molecule has 2 heterocycles. The van der Waals surface area contributed by atoms with Gasteiger partial charge in [0.15, 0.2) is 16.8 Å². The van der Waals surface area contributed by atoms with E-state index in [9.17, 15) is 4.79 Å². The van der Waals surface area contributed by atoms with Gasteiger partial charge in [0.2, 0.25) is 0 Å². The van der Waals surface area contributed by atoms with E-state index < -0.39 is 0 Å². The fraction of sp³-hybridized carbons (Fsp3) is 0.381. The van der Waals surface area contributed by atoms with Crippen LogP contribution in [0.3, 0.4) is 0 Å². The maximum atomic E-state index is 12.7. The molecule has 1 aromatic carbocycles. The molecule has 3 rings (SSSR count). The Morgan fingerprint density at radius 1 is 1.21 bits per heavy atom. The third kappa shape index (κ3) is 5.03. The second kappa shape index (κ2) is 9.50. The van der Waals surface area contributed by atoms with Crippen molar-refractivity contribution in [3.63, 3.8) is 0 Å². The van der Waals surface area contributed by atoms with Gasteiger partial charge >= 0.3 is 0 Å². The van der Waals surface area contributed by atoms with E-state index in [2.05, 4.69) is 21.7 Å². The van der Waals surface area contributed by atoms with Gasteiger partial charge in [-0.2, -0.15) is 0 Å². The number of aryl methyl sites for hydroxylation is 1. The summed E-state index contributed by atoms with van der Waals surface area (Å²) in [7, 11) is 1.88. The van der Waals surface area contributed by atoms with Gasteiger partial charge in [-0.1, -0.05) is 30.3 Å². The minimum Gasteiger partial charge on any atom is -0.486 e. The van der Waals surface area contributed by atoms with E-state index in [1.165, 1.54) is 11.8 Å². The van der Waals surface area contributed by atoms with Crippen LogP contribution in [0.25, 0.3) is 0 Å². The second-order valence-corrected chi connectivity index (χ2v) is 8.23. The number of benzene rings is 1. The molecule has 0 aliphatic rings. The van der Waals surface area contributed by atoms with Crippen LogP contribution in [0, 0.1) is 13.8 Å². The van der Waals surface area contributed by atoms with Crippen LogP contribution < -0.4 is 4.74 Å². The number of thioether (sulfide) groups is 1. The van der Waals surface area contributed by atoms with Gasteiger partial charge in [-0.15, -0.1) is 10.2 Å². The molecule has 0 spiro atoms. The molecule has 0 amide bonds. The third-order valence-corrected chi connectivity index (χ3v) is 6.03. The van der Waals surface area contributed by atoms with Crippen molar-refractivity contribution in [2.24, 2.45) is 7.05 Å². The monoisotopic (exact) mass is 432 g/mol. The van der Waals surface area contributed by atoms with E-state index in [4.69, 9.17) is 16.3 Å². The number of carbonyl (C=O) groups excluding carboxylic acids is 1. The van der Waals surface area contributed by atoms with Gasteiger partial charge in [0.05, 0.1) is 5.75 Å². The van der Waals surface area contributed by atoms with Gasteiger partial charge in [-0.25, -0.2) is 0 Å². The number of hydrogen-bond donors (Lipinski definition) is 0. The highest BCUT2D eigenvalue weighted by atomic mass is 35.5. The summed E-state index contributed by atoms with van der Waals surface area (Å²) in [4.78, 5) is 12.7. The summed E-state index contributed by atoms with van der Waals surface area (Å²) in [5, 5.41) is 9.74. The molecule has 0 radical (unpaired) electrons. The molecule has 3 aromatic rings. The molecule has 6 nitrogen and oxygen atoms in total. The quantitative estimate of drug-likeness (QED) is 0.357. The number of hydrogen-bond acceptors (Lipinski definition) is 5. The van der Waals surface area contributed by atoms with Gasteiger partial charge in [-0.05, 0) is 50.6 Å². The van der Waals surface area contributed by atoms with Gasteiger partial charge in [0.1, 0.15) is 12.4 Å². The molecule has 2 aromatic heterocycles. The van der Waals surface area contributed by atoms with E-state index in [1.54, 1.807) is 12.1 Å². The van der Waals surface area contributed by atoms with Crippen molar-refractivity contribution in [1.82, 2.24) is 19.3 Å². The smallest absolute Gasteiger partial charge is 0.191 e. The Kier molecular flexibility index (Phi) is 7.03. The van der Waals surface area contributed by atoms with E-state index in [-0.39, 0.29) is 12.4 Å². The lowest BCUT2D eigenvalue weighted by molar-refractivity contribution is 0.102. The first-order valence-corrected chi connectivity index (χ1v) is 10.9. The molecule has 0 N–H and O–H groups in total. The van der Waals surface area contributed by atoms with E-state index in [1.807, 2.05) is 43.7 Å². The minimum atomic E-state index is 0.104. The molecule has 29 heavy (non-hydrogen) atoms. The first-order chi connectivity index (χ1) is 13.9. The average Bonchev–Trinajstić information content (AvgIpc) is 3.20. The van der Waals surface area contributed by atoms with Gasteiger partial charge < -0.3 is 13.9 Å². The number of aromatic nitrogens is 4. The molecule has 0 atom stereocenters. The molecule has 0 saturated carbocycles. The molecule has 154 valence electrons. The van der Waals surface area contributed by atoms with Crippen molar-refractivity contribution in [2.75, 3.05) is 5.75 Å². The molecule has 0 fully saturated rings. The summed E-state index contributed by atoms with van der Waals surface area (Å²) >= 11 is 7.27. The van der Waals surface area contributed by atoms with Crippen molar-refractivity contribution < 1.29 is 9.53 Å². The number of ketones is 1. The van der Waals surface area contributed by atoms with Crippen molar-refractivity contribution in [3.05, 3.63) is 58.1 Å². The zero-order valence-electron chi connectivity index (χ0n) is 17.1. The number of Topliss-reactive ketones (excluding diaryl/α,β-unsaturated/α-hetero) is 1. The van der Waals surface area contributed by atoms with Crippen LogP contribution in [-0.2, 0) is 20.2 Å². The van der Waals surface area contributed by atoms with Crippen molar-refractivity contribution in [2.45, 2.75) is 45.5 Å². The fourth-order valence-corrected chi connectivity index (χ4v) is 4.07. The Balaban J connectivity index is 1.61. The van der Waals surface area contributed by atoms with E-state index in [0.29, 0.717) is 27.5 Å². The number of ether oxygens (including phenoxy) is 1. The normalized spacial score (nSPS) is 11.1. The molecule has 8 heteroatoms. The highest BCUT2D eigenvalue weighted by molar-refractivity contribution is 7.99. The van der Waals surface area contributed by atoms with Crippen LogP contribution in [0.15, 0.2) is 35.5 Å². The maximum absolute atomic E-state index is 12.7. The summed E-state index contributed by atoms with van der Waals surface area (Å²) in [5.74, 6) is 1.83. The molecule has 0 saturated heterocycles. The Morgan fingerprint density at radius 3 is 2.62 bits per heavy atom. The third-order valence-electron chi connectivity index (χ3n) is 4.76. The largest absolute Gasteiger partial charge is 0.486 e. The molecule has 0 aliphatic carbocycles. The number of halogens is 1. The van der Waals surface area contributed by atoms with E-state index in [0.717, 1.165) is 29.9 Å². The molecule has 0 aliphatic heterocycles. The van der Waals surface area contributed by atoms with Gasteiger partial charge in [-0.3, -0.25) is 4.79 Å². The Hall–Kier alpha value is -2.25. The van der Waals surface area contributed by atoms with Crippen molar-refractivity contribution >= 4 is 29.1 Å². The Labute approximate surface area is 180 Å². The SMILES string of the molecule is CCCn1c(C)cc(C(=O)CSc2nnc(COc3ccc(Cl)cc3)n2C)c1C. The van der Waals surface area contributed by atoms with Crippen LogP contribution in [0.1, 0.15) is 40.9 Å². The lowest BCUT2D eigenvalue weighted by Gasteiger charge is -2.08. The molecule has 0 bridgehead atoms. The summed E-state index contributed by atoms with van der Waals surface area (Å²) in [6, 6.07) is 9.15. The summed E-state index contributed by atoms with van der Waals surface area (Å²) < 4.78 is 9.79. The zero-order valence-corrected chi connectivity index (χ0v) is 18.7. The van der Waals surface area contributed by atoms with Crippen LogP contribution in [-0.4, -0.2) is 30.9 Å². The Bertz CT molecular complexity index is 995. The average molecular weight is 433 g/mol. The molecular formula is C21H25ClN4O2S. The topological polar surface area (TPSA) is 61.9 Å². The predicted octanol–water partition coefficient (Wildman–Crippen LogP) is 4.85. The highest BCUT2D eigenvalue weighted by Gasteiger charge is 2.17. The first kappa shape index (κ1) is 21.5. The van der Waals surface area contributed by atoms with Crippen LogP contribution in [0.2, 0.25) is 5.02 Å². The van der Waals surface area contributed by atoms with Gasteiger partial charge in [0.25, 0.3) is 0 Å². The second-order valence-electron chi connectivity index (χ2n) is 6.85. The van der Waals surface area contributed by atoms with Gasteiger partial charge in [0, 0.05) is 35.6 Å². The summed E-state index contributed by atoms with van der Waals surface area (Å²) in [6.07, 6.45) is 1.04. The lowest BCUT2D eigenvalue weighted by Crippen LogP contribution is -2.08. The summed E-state index contributed by atoms with van der Waals surface area (Å²) in [5.41, 5.74) is 2.94. The Morgan fingerprint density at radius 2 is 1.93 bits per heavy atom. The standard InChI is InChI=1S/C21H25ClN4O2S/c1-5-10-26-14(2)11-18(15(26)3)19(27)13-29-21-24-23-20(25(21)4)12-28-17-8-6-16(22)7-9-17/h6-9,11H,5,10,12-13H2,1-4H3. The zero-order chi connectivity index (χ0) is 21.0. The fourth-order valence-electron chi connectivity index (χ4n) is 3.13. The molecular weight excluding hydrogens is 408 g/mol. The highest BCUT2D eigenvalue weighted by Crippen LogP contribution is 2.22. The molecule has 0 unspecified atom stereocenters. The lowest BCUT2D eigenvalue weighted by atomic mass is 10.2. The van der Waals surface area contributed by atoms with Crippen LogP contribution in [0.5, 0.6) is 5.75 Å². The van der Waals surface area contributed by atoms with Crippen molar-refractivity contribution in [3.8, 4) is 5.75 Å². The van der Waals surface area contributed by atoms with Crippen LogP contribution in [0.4, 0.5) is 0 Å². The first-order valence-electron chi connectivity index (χ1n) is 9.50. The number of carbonyl (C=O) groups is 1. The number of nitrogens with zero attached hydrogens (tertiary/aromatic N) is 4. The maximum Gasteiger partial charge on any atom is 0.191 e. The summed E-state index contributed by atoms with van der Waals surface area (Å²) in [6.45, 7) is 7.41. The van der Waals surface area contributed by atoms with Crippen LogP contribution >= 0.6 is 23.4 Å². The predicted molar refractivity (Wildman–Crippen MR) is 116 cm³/mol. The minimum absolute atomic E-state index is 0.104.